The summed E-state index contributed by atoms with van der Waals surface area (Å²) in [5.74, 6) is -2.86. The number of nitrogens with zero attached hydrogens (tertiary/aromatic N) is 4. The number of amides is 2. The van der Waals surface area contributed by atoms with Crippen LogP contribution in [0.4, 0.5) is 18.9 Å². The van der Waals surface area contributed by atoms with Crippen molar-refractivity contribution in [3.63, 3.8) is 0 Å². The van der Waals surface area contributed by atoms with Crippen LogP contribution in [0.3, 0.4) is 0 Å². The molecule has 4 N–H and O–H groups in total. The Morgan fingerprint density at radius 1 is 0.667 bits per heavy atom. The molecular formula is C41H44ClF3N4O8. The Labute approximate surface area is 332 Å². The van der Waals surface area contributed by atoms with Gasteiger partial charge in [-0.05, 0) is 53.9 Å². The van der Waals surface area contributed by atoms with E-state index in [1.807, 2.05) is 23.1 Å². The fourth-order valence-electron chi connectivity index (χ4n) is 6.09. The first-order valence-electron chi connectivity index (χ1n) is 18.0. The number of rotatable bonds is 11. The Bertz CT molecular complexity index is 1860. The Balaban J connectivity index is 0.000000265. The highest BCUT2D eigenvalue weighted by molar-refractivity contribution is 6.31. The third kappa shape index (κ3) is 13.7. The summed E-state index contributed by atoms with van der Waals surface area (Å²) in [6.45, 7) is 4.55. The van der Waals surface area contributed by atoms with Gasteiger partial charge in [0.25, 0.3) is 0 Å². The van der Waals surface area contributed by atoms with Gasteiger partial charge in [-0.3, -0.25) is 24.3 Å². The molecule has 2 unspecified atom stereocenters. The highest BCUT2D eigenvalue weighted by atomic mass is 35.5. The van der Waals surface area contributed by atoms with Crippen molar-refractivity contribution in [3.8, 4) is 0 Å². The van der Waals surface area contributed by atoms with E-state index in [2.05, 4.69) is 4.90 Å². The highest BCUT2D eigenvalue weighted by Crippen LogP contribution is 2.32. The number of piperazine rings is 2. The lowest BCUT2D eigenvalue weighted by Gasteiger charge is -2.37. The van der Waals surface area contributed by atoms with E-state index in [-0.39, 0.29) is 24.9 Å². The molecule has 0 bridgehead atoms. The number of aliphatic hydroxyl groups is 2. The third-order valence-electron chi connectivity index (χ3n) is 9.14. The van der Waals surface area contributed by atoms with Crippen LogP contribution in [0.5, 0.6) is 0 Å². The van der Waals surface area contributed by atoms with Crippen LogP contribution in [-0.2, 0) is 31.9 Å². The molecule has 2 atom stereocenters. The maximum Gasteiger partial charge on any atom is 0.416 e. The second kappa shape index (κ2) is 21.3. The van der Waals surface area contributed by atoms with Crippen molar-refractivity contribution in [1.29, 1.82) is 0 Å². The summed E-state index contributed by atoms with van der Waals surface area (Å²) < 4.78 is 39.0. The average molecular weight is 813 g/mol. The number of carboxylic acids is 2. The van der Waals surface area contributed by atoms with E-state index in [0.717, 1.165) is 18.2 Å². The summed E-state index contributed by atoms with van der Waals surface area (Å²) in [7, 11) is 0. The summed E-state index contributed by atoms with van der Waals surface area (Å²) in [5, 5.41) is 35.4. The van der Waals surface area contributed by atoms with E-state index in [9.17, 15) is 32.3 Å². The maximum absolute atomic E-state index is 13.0. The summed E-state index contributed by atoms with van der Waals surface area (Å²) in [5.41, 5.74) is 1.62. The predicted octanol–water partition coefficient (Wildman–Crippen LogP) is 5.35. The van der Waals surface area contributed by atoms with Crippen molar-refractivity contribution in [2.24, 2.45) is 0 Å². The molecule has 2 aliphatic heterocycles. The molecule has 0 radical (unpaired) electrons. The van der Waals surface area contributed by atoms with E-state index >= 15 is 0 Å². The Kier molecular flexibility index (Phi) is 16.6. The molecular weight excluding hydrogens is 769 g/mol. The molecule has 0 saturated carbocycles. The molecule has 6 rings (SSSR count). The molecule has 12 nitrogen and oxygen atoms in total. The van der Waals surface area contributed by atoms with Crippen LogP contribution >= 0.6 is 11.6 Å². The quantitative estimate of drug-likeness (QED) is 0.145. The van der Waals surface area contributed by atoms with Crippen molar-refractivity contribution in [2.45, 2.75) is 31.3 Å². The lowest BCUT2D eigenvalue weighted by molar-refractivity contribution is -0.152. The molecule has 57 heavy (non-hydrogen) atoms. The van der Waals surface area contributed by atoms with E-state index in [4.69, 9.17) is 32.0 Å². The smallest absolute Gasteiger partial charge is 0.416 e. The molecule has 2 amide bonds. The largest absolute Gasteiger partial charge is 0.479 e. The zero-order chi connectivity index (χ0) is 41.5. The second-order valence-electron chi connectivity index (χ2n) is 13.2. The number of aliphatic carboxylic acids is 2. The van der Waals surface area contributed by atoms with Crippen LogP contribution in [0, 0.1) is 0 Å². The molecule has 2 heterocycles. The van der Waals surface area contributed by atoms with E-state index in [1.165, 1.54) is 17.0 Å². The number of carbonyl (C=O) groups is 4. The normalized spacial score (nSPS) is 16.1. The zero-order valence-corrected chi connectivity index (χ0v) is 31.6. The van der Waals surface area contributed by atoms with Crippen molar-refractivity contribution >= 4 is 41.0 Å². The summed E-state index contributed by atoms with van der Waals surface area (Å²) >= 11 is 6.20. The van der Waals surface area contributed by atoms with E-state index in [0.29, 0.717) is 67.5 Å². The average Bonchev–Trinajstić information content (AvgIpc) is 3.20. The first kappa shape index (κ1) is 44.4. The fourth-order valence-corrected chi connectivity index (χ4v) is 6.29. The van der Waals surface area contributed by atoms with Gasteiger partial charge in [-0.2, -0.15) is 13.2 Å². The number of alkyl halides is 3. The maximum atomic E-state index is 13.0. The minimum atomic E-state index is -4.35. The minimum absolute atomic E-state index is 0.173. The van der Waals surface area contributed by atoms with Gasteiger partial charge in [-0.25, -0.2) is 9.59 Å². The second-order valence-corrected chi connectivity index (χ2v) is 13.6. The molecule has 4 aromatic rings. The van der Waals surface area contributed by atoms with Gasteiger partial charge in [0.2, 0.25) is 11.8 Å². The number of hydrogen-bond acceptors (Lipinski definition) is 9. The SMILES string of the molecule is O=C(O)C(O)c1ccccc1.O=C(O)C(O)c1ccccc1.O=C1CN(Cc2ccccc2Cl)CC(=O)N1CCCN1CCN(c2cccc(C(F)(F)F)c2)CC1. The first-order chi connectivity index (χ1) is 27.1. The number of hydrogen-bond donors (Lipinski definition) is 4. The van der Waals surface area contributed by atoms with Gasteiger partial charge in [0.05, 0.1) is 18.7 Å². The van der Waals surface area contributed by atoms with Crippen LogP contribution in [-0.4, -0.2) is 111 Å². The van der Waals surface area contributed by atoms with Gasteiger partial charge in [0.1, 0.15) is 0 Å². The van der Waals surface area contributed by atoms with E-state index in [1.54, 1.807) is 77.7 Å². The number of anilines is 1. The van der Waals surface area contributed by atoms with Crippen molar-refractivity contribution in [2.75, 3.05) is 57.3 Å². The van der Waals surface area contributed by atoms with E-state index < -0.39 is 35.9 Å². The summed E-state index contributed by atoms with van der Waals surface area (Å²) in [4.78, 5) is 53.0. The summed E-state index contributed by atoms with van der Waals surface area (Å²) in [6, 6.07) is 29.3. The standard InChI is InChI=1S/C25H28ClF3N4O2.2C8H8O3/c26-22-8-2-1-5-19(22)16-31-17-23(34)33(24(35)18-31)10-4-9-30-11-13-32(14-12-30)21-7-3-6-20(15-21)25(27,28)29;2*9-7(8(10)11)6-4-2-1-3-5-6/h1-3,5-8,15H,4,9-14,16-18H2;2*1-5,7,9H,(H,10,11). The van der Waals surface area contributed by atoms with Gasteiger partial charge in [-0.1, -0.05) is 96.5 Å². The Morgan fingerprint density at radius 2 is 1.18 bits per heavy atom. The Morgan fingerprint density at radius 3 is 1.67 bits per heavy atom. The van der Waals surface area contributed by atoms with Gasteiger partial charge >= 0.3 is 18.1 Å². The molecule has 2 fully saturated rings. The minimum Gasteiger partial charge on any atom is -0.479 e. The predicted molar refractivity (Wildman–Crippen MR) is 206 cm³/mol. The van der Waals surface area contributed by atoms with Crippen molar-refractivity contribution in [3.05, 3.63) is 136 Å². The summed E-state index contributed by atoms with van der Waals surface area (Å²) in [6.07, 6.45) is -6.51. The lowest BCUT2D eigenvalue weighted by Crippen LogP contribution is -2.54. The van der Waals surface area contributed by atoms with Gasteiger partial charge < -0.3 is 25.3 Å². The zero-order valence-electron chi connectivity index (χ0n) is 30.8. The lowest BCUT2D eigenvalue weighted by atomic mass is 10.1. The molecule has 2 aliphatic rings. The van der Waals surface area contributed by atoms with Gasteiger partial charge in [-0.15, -0.1) is 0 Å². The monoisotopic (exact) mass is 812 g/mol. The third-order valence-corrected chi connectivity index (χ3v) is 9.51. The molecule has 304 valence electrons. The molecule has 2 saturated heterocycles. The van der Waals surface area contributed by atoms with Crippen LogP contribution < -0.4 is 4.90 Å². The van der Waals surface area contributed by atoms with Crippen molar-refractivity contribution < 1.29 is 52.8 Å². The first-order valence-corrected chi connectivity index (χ1v) is 18.4. The fraction of sp³-hybridized carbons (Fsp3) is 0.317. The van der Waals surface area contributed by atoms with Crippen LogP contribution in [0.2, 0.25) is 5.02 Å². The topological polar surface area (TPSA) is 162 Å². The number of benzene rings is 4. The number of imide groups is 1. The van der Waals surface area contributed by atoms with Gasteiger partial charge in [0, 0.05) is 50.0 Å². The molecule has 4 aromatic carbocycles. The molecule has 16 heteroatoms. The Hall–Kier alpha value is -5.32. The van der Waals surface area contributed by atoms with Crippen LogP contribution in [0.25, 0.3) is 0 Å². The van der Waals surface area contributed by atoms with Gasteiger partial charge in [0.15, 0.2) is 12.2 Å². The van der Waals surface area contributed by atoms with Crippen LogP contribution in [0.1, 0.15) is 40.9 Å². The highest BCUT2D eigenvalue weighted by Gasteiger charge is 2.32. The number of aliphatic hydroxyl groups excluding tert-OH is 2. The number of carbonyl (C=O) groups excluding carboxylic acids is 2. The molecule has 0 spiro atoms. The van der Waals surface area contributed by atoms with Crippen molar-refractivity contribution in [1.82, 2.24) is 14.7 Å². The van der Waals surface area contributed by atoms with Crippen LogP contribution in [0.15, 0.2) is 109 Å². The number of carboxylic acid groups (broad SMARTS) is 2. The molecule has 0 aliphatic carbocycles. The number of halogens is 4. The molecule has 0 aromatic heterocycles.